The maximum atomic E-state index is 6.20. The smallest absolute Gasteiger partial charge is 0.116 e. The van der Waals surface area contributed by atoms with Crippen LogP contribution in [-0.4, -0.2) is 196 Å². The van der Waals surface area contributed by atoms with Crippen molar-refractivity contribution in [1.29, 1.82) is 0 Å². The summed E-state index contributed by atoms with van der Waals surface area (Å²) in [5, 5.41) is 8.59. The van der Waals surface area contributed by atoms with Gasteiger partial charge in [-0.3, -0.25) is 0 Å². The minimum Gasteiger partial charge on any atom is -0.116 e. The van der Waals surface area contributed by atoms with Crippen LogP contribution in [0.4, 0.5) is 0 Å². The Hall–Kier alpha value is -4.80. The van der Waals surface area contributed by atoms with E-state index in [0.717, 1.165) is 11.9 Å². The summed E-state index contributed by atoms with van der Waals surface area (Å²) in [6.45, 7) is 0. The summed E-state index contributed by atoms with van der Waals surface area (Å²) in [6, 6.07) is 9.53. The molecule has 75 heavy (non-hydrogen) atoms. The summed E-state index contributed by atoms with van der Waals surface area (Å²) in [5.74, 6) is 3.03. The SMILES string of the molecule is B/C(C#C)=C(B)/C(B)=C1\CC2(c3c(B)c(B)c(B)c(B)c31)c1c(B)c(B)c(B)c(B)c1-c1c(-c3ccccc3-c3c(B)c(B)c4c5c(B)c(B)c(B)c(B)c5c5c(B)c(B)c(B)c(B)c5c4c3B)c(B)c(B)c(B)c12. The van der Waals surface area contributed by atoms with E-state index in [1.807, 2.05) is 0 Å². The first kappa shape index (κ1) is 53.6. The van der Waals surface area contributed by atoms with Crippen molar-refractivity contribution in [3.05, 3.63) is 62.9 Å². The molecule has 0 N–H and O–H groups in total. The number of rotatable bonds is 3. The Morgan fingerprint density at radius 1 is 0.333 bits per heavy atom. The van der Waals surface area contributed by atoms with Crippen molar-refractivity contribution in [2.24, 2.45) is 0 Å². The van der Waals surface area contributed by atoms with E-state index in [9.17, 15) is 0 Å². The monoisotopic (exact) mass is 933 g/mol. The van der Waals surface area contributed by atoms with Gasteiger partial charge in [-0.15, -0.1) is 55.6 Å². The van der Waals surface area contributed by atoms with Crippen molar-refractivity contribution in [2.75, 3.05) is 0 Å². The van der Waals surface area contributed by atoms with Crippen molar-refractivity contribution in [2.45, 2.75) is 11.8 Å². The van der Waals surface area contributed by atoms with E-state index in [2.05, 4.69) is 226 Å². The number of terminal acetylenes is 1. The van der Waals surface area contributed by atoms with Gasteiger partial charge in [0.15, 0.2) is 0 Å². The minimum atomic E-state index is -0.420. The molecule has 10 rings (SSSR count). The van der Waals surface area contributed by atoms with E-state index < -0.39 is 5.41 Å². The van der Waals surface area contributed by atoms with Crippen molar-refractivity contribution in [3.63, 3.8) is 0 Å². The molecule has 0 heterocycles. The third-order valence-electron chi connectivity index (χ3n) is 21.7. The largest absolute Gasteiger partial charge is 0.149 e. The first-order valence-electron chi connectivity index (χ1n) is 27.8. The Balaban J connectivity index is 1.43. The predicted molar refractivity (Wildman–Crippen MR) is 415 cm³/mol. The molecule has 0 fully saturated rings. The van der Waals surface area contributed by atoms with Crippen molar-refractivity contribution in [3.8, 4) is 45.7 Å². The van der Waals surface area contributed by atoms with E-state index in [1.165, 1.54) is 225 Å². The maximum Gasteiger partial charge on any atom is 0.149 e. The first-order chi connectivity index (χ1) is 35.2. The third kappa shape index (κ3) is 6.75. The maximum absolute atomic E-state index is 6.20. The molecule has 0 nitrogen and oxygen atoms in total. The highest BCUT2D eigenvalue weighted by Crippen LogP contribution is 2.60. The van der Waals surface area contributed by atoms with Gasteiger partial charge in [-0.1, -0.05) is 112 Å². The zero-order valence-electron chi connectivity index (χ0n) is 50.6. The Morgan fingerprint density at radius 3 is 1.05 bits per heavy atom. The number of benzene rings is 8. The van der Waals surface area contributed by atoms with Gasteiger partial charge < -0.3 is 0 Å². The normalized spacial score (nSPS) is 15.6. The van der Waals surface area contributed by atoms with E-state index >= 15 is 0 Å². The highest BCUT2D eigenvalue weighted by atomic mass is 14.5. The van der Waals surface area contributed by atoms with Crippen LogP contribution in [0.15, 0.2) is 40.7 Å². The lowest BCUT2D eigenvalue weighted by molar-refractivity contribution is 0.695. The molecule has 0 bridgehead atoms. The molecule has 2 aliphatic carbocycles. The second kappa shape index (κ2) is 18.1. The summed E-state index contributed by atoms with van der Waals surface area (Å²) in [4.78, 5) is 0. The van der Waals surface area contributed by atoms with Crippen molar-refractivity contribution in [1.82, 2.24) is 0 Å². The van der Waals surface area contributed by atoms with Gasteiger partial charge in [-0.05, 0) is 105 Å². The lowest BCUT2D eigenvalue weighted by Crippen LogP contribution is -2.55. The standard InChI is InChI=1S/C50H57B25/c1-2-11(51)27(53)26(52)10-7-50(23-13(10)30(56)42(68)48(74)38(23)64)24-15(22-25(50)40(66)49(75)47(73)37(22)63)12(29(55)41(67)39(24)65)8-5-3-4-6-9(8)14-28(54)16-17(32(58)31(14)57)19-21(36(62)46(72)44(70)34(19)60)20-18(16)33(59)43(69)45(71)35(20)61/h1,3-6H,7,51-75H2/b26-10-,27-11-. The highest BCUT2D eigenvalue weighted by molar-refractivity contribution is 6.76. The van der Waals surface area contributed by atoms with Crippen LogP contribution in [0.2, 0.25) is 0 Å². The van der Waals surface area contributed by atoms with Gasteiger partial charge in [0.25, 0.3) is 0 Å². The molecule has 8 aromatic carbocycles. The number of hydrogen-bond donors (Lipinski definition) is 0. The van der Waals surface area contributed by atoms with E-state index in [-0.39, 0.29) is 0 Å². The number of allylic oxidation sites excluding steroid dienone is 4. The van der Waals surface area contributed by atoms with Gasteiger partial charge in [0.05, 0.1) is 0 Å². The van der Waals surface area contributed by atoms with Gasteiger partial charge in [-0.2, -0.15) is 0 Å². The molecule has 1 atom stereocenters. The molecule has 0 aliphatic heterocycles. The van der Waals surface area contributed by atoms with Crippen LogP contribution >= 0.6 is 0 Å². The molecule has 332 valence electrons. The molecule has 8 aromatic rings. The number of fused-ring (bicyclic) bond motifs is 13. The highest BCUT2D eigenvalue weighted by Gasteiger charge is 2.54. The molecule has 0 radical (unpaired) electrons. The zero-order chi connectivity index (χ0) is 55.0. The Bertz CT molecular complexity index is 4170. The van der Waals surface area contributed by atoms with Gasteiger partial charge in [0, 0.05) is 5.41 Å². The predicted octanol–water partition coefficient (Wildman–Crippen LogP) is -28.7. The molecule has 2 aliphatic rings. The van der Waals surface area contributed by atoms with Crippen LogP contribution in [0.3, 0.4) is 0 Å². The van der Waals surface area contributed by atoms with Crippen LogP contribution in [-0.2, 0) is 5.41 Å². The summed E-state index contributed by atoms with van der Waals surface area (Å²) >= 11 is 0. The summed E-state index contributed by atoms with van der Waals surface area (Å²) in [7, 11) is 59.4. The molecule has 0 amide bonds. The minimum absolute atomic E-state index is 0.420. The quantitative estimate of drug-likeness (QED) is 0.0941. The van der Waals surface area contributed by atoms with Gasteiger partial charge in [0.2, 0.25) is 0 Å². The lowest BCUT2D eigenvalue weighted by Gasteiger charge is -2.36. The molecular formula is C50H57B25. The second-order valence-corrected chi connectivity index (χ2v) is 24.1. The lowest BCUT2D eigenvalue weighted by atomic mass is 9.55. The van der Waals surface area contributed by atoms with Crippen LogP contribution in [0.1, 0.15) is 28.7 Å². The molecular weight excluding hydrogens is 871 g/mol. The van der Waals surface area contributed by atoms with Crippen molar-refractivity contribution >= 4 is 354 Å². The third-order valence-corrected chi connectivity index (χ3v) is 21.7. The summed E-state index contributed by atoms with van der Waals surface area (Å²) in [6.07, 6.45) is 7.09. The fourth-order valence-corrected chi connectivity index (χ4v) is 15.6. The van der Waals surface area contributed by atoms with E-state index in [4.69, 9.17) is 6.42 Å². The van der Waals surface area contributed by atoms with Crippen LogP contribution < -0.4 is 120 Å². The summed E-state index contributed by atoms with van der Waals surface area (Å²) in [5.41, 5.74) is 49.6. The van der Waals surface area contributed by atoms with Gasteiger partial charge in [0.1, 0.15) is 196 Å². The van der Waals surface area contributed by atoms with Gasteiger partial charge >= 0.3 is 0 Å². The average Bonchev–Trinajstić information content (AvgIpc) is 3.93. The second-order valence-electron chi connectivity index (χ2n) is 24.1. The van der Waals surface area contributed by atoms with E-state index in [0.29, 0.717) is 0 Å². The number of hydrogen-bond acceptors (Lipinski definition) is 0. The Morgan fingerprint density at radius 2 is 0.627 bits per heavy atom. The molecule has 0 aromatic heterocycles. The van der Waals surface area contributed by atoms with Crippen LogP contribution in [0.5, 0.6) is 0 Å². The molecule has 0 saturated carbocycles. The van der Waals surface area contributed by atoms with Crippen LogP contribution in [0.25, 0.3) is 71.3 Å². The molecule has 1 unspecified atom stereocenters. The topological polar surface area (TPSA) is 0 Å². The van der Waals surface area contributed by atoms with E-state index in [1.54, 1.807) is 0 Å². The Labute approximate surface area is 471 Å². The zero-order valence-corrected chi connectivity index (χ0v) is 50.6. The molecule has 0 saturated heterocycles. The molecule has 25 heteroatoms. The molecule has 1 spiro atoms. The van der Waals surface area contributed by atoms with Gasteiger partial charge in [-0.25, -0.2) is 0 Å². The van der Waals surface area contributed by atoms with Crippen LogP contribution in [0, 0.1) is 12.3 Å². The fraction of sp³-hybridized carbons (Fsp3) is 0.0400. The first-order valence-corrected chi connectivity index (χ1v) is 27.8. The fourth-order valence-electron chi connectivity index (χ4n) is 15.6. The van der Waals surface area contributed by atoms with Crippen molar-refractivity contribution < 1.29 is 0 Å². The Kier molecular flexibility index (Phi) is 13.0. The average molecular weight is 928 g/mol. The summed E-state index contributed by atoms with van der Waals surface area (Å²) < 4.78 is 0.